The SMILES string of the molecule is O=C(c1ccc2c(c1)NCC2)N1CCOC2CCCCC21. The van der Waals surface area contributed by atoms with Crippen LogP contribution in [0.5, 0.6) is 0 Å². The summed E-state index contributed by atoms with van der Waals surface area (Å²) in [5.74, 6) is 0.173. The van der Waals surface area contributed by atoms with Crippen LogP contribution in [0.15, 0.2) is 18.2 Å². The van der Waals surface area contributed by atoms with Crippen LogP contribution in [-0.2, 0) is 11.2 Å². The summed E-state index contributed by atoms with van der Waals surface area (Å²) in [7, 11) is 0. The maximum Gasteiger partial charge on any atom is 0.254 e. The standard InChI is InChI=1S/C17H22N2O2/c20-17(13-6-5-12-7-8-18-14(12)11-13)19-9-10-21-16-4-2-1-3-15(16)19/h5-6,11,15-16,18H,1-4,7-10H2. The molecule has 2 unspecified atom stereocenters. The van der Waals surface area contributed by atoms with E-state index in [0.717, 1.165) is 43.6 Å². The highest BCUT2D eigenvalue weighted by Crippen LogP contribution is 2.30. The van der Waals surface area contributed by atoms with Crippen LogP contribution >= 0.6 is 0 Å². The number of amides is 1. The third-order valence-electron chi connectivity index (χ3n) is 5.06. The highest BCUT2D eigenvalue weighted by molar-refractivity contribution is 5.95. The number of hydrogen-bond acceptors (Lipinski definition) is 3. The van der Waals surface area contributed by atoms with E-state index in [0.29, 0.717) is 6.61 Å². The van der Waals surface area contributed by atoms with Crippen LogP contribution in [0.4, 0.5) is 5.69 Å². The molecule has 1 saturated carbocycles. The molecule has 2 atom stereocenters. The fourth-order valence-corrected chi connectivity index (χ4v) is 3.94. The van der Waals surface area contributed by atoms with Crippen molar-refractivity contribution in [2.75, 3.05) is 25.0 Å². The van der Waals surface area contributed by atoms with Crippen molar-refractivity contribution in [2.45, 2.75) is 44.2 Å². The van der Waals surface area contributed by atoms with Crippen molar-refractivity contribution in [3.05, 3.63) is 29.3 Å². The van der Waals surface area contributed by atoms with E-state index in [4.69, 9.17) is 4.74 Å². The maximum atomic E-state index is 12.9. The number of benzene rings is 1. The lowest BCUT2D eigenvalue weighted by Gasteiger charge is -2.43. The summed E-state index contributed by atoms with van der Waals surface area (Å²) < 4.78 is 5.87. The Morgan fingerprint density at radius 3 is 3.14 bits per heavy atom. The summed E-state index contributed by atoms with van der Waals surface area (Å²) in [6.07, 6.45) is 5.93. The van der Waals surface area contributed by atoms with Crippen LogP contribution in [0.25, 0.3) is 0 Å². The summed E-state index contributed by atoms with van der Waals surface area (Å²) in [6.45, 7) is 2.38. The lowest BCUT2D eigenvalue weighted by atomic mass is 9.89. The first-order valence-corrected chi connectivity index (χ1v) is 8.12. The molecule has 1 amide bonds. The Labute approximate surface area is 125 Å². The first-order valence-electron chi connectivity index (χ1n) is 8.12. The van der Waals surface area contributed by atoms with E-state index in [1.54, 1.807) is 0 Å². The van der Waals surface area contributed by atoms with Gasteiger partial charge in [0.05, 0.1) is 18.8 Å². The first kappa shape index (κ1) is 13.1. The average Bonchev–Trinajstić information content (AvgIpc) is 3.01. The van der Waals surface area contributed by atoms with Gasteiger partial charge in [0.25, 0.3) is 5.91 Å². The van der Waals surface area contributed by atoms with Gasteiger partial charge in [-0.25, -0.2) is 0 Å². The van der Waals surface area contributed by atoms with Crippen LogP contribution in [0.1, 0.15) is 41.6 Å². The number of hydrogen-bond donors (Lipinski definition) is 1. The highest BCUT2D eigenvalue weighted by Gasteiger charge is 2.37. The quantitative estimate of drug-likeness (QED) is 0.862. The Bertz CT molecular complexity index is 556. The summed E-state index contributed by atoms with van der Waals surface area (Å²) in [5.41, 5.74) is 3.27. The molecule has 4 nitrogen and oxygen atoms in total. The molecule has 2 aliphatic heterocycles. The van der Waals surface area contributed by atoms with Gasteiger partial charge in [0.2, 0.25) is 0 Å². The molecule has 0 radical (unpaired) electrons. The zero-order valence-corrected chi connectivity index (χ0v) is 12.3. The third-order valence-corrected chi connectivity index (χ3v) is 5.06. The smallest absolute Gasteiger partial charge is 0.254 e. The molecule has 4 heteroatoms. The van der Waals surface area contributed by atoms with Gasteiger partial charge < -0.3 is 15.0 Å². The van der Waals surface area contributed by atoms with Gasteiger partial charge in [-0.15, -0.1) is 0 Å². The number of fused-ring (bicyclic) bond motifs is 2. The zero-order valence-electron chi connectivity index (χ0n) is 12.3. The van der Waals surface area contributed by atoms with Crippen molar-refractivity contribution in [1.29, 1.82) is 0 Å². The van der Waals surface area contributed by atoms with Gasteiger partial charge in [-0.05, 0) is 37.0 Å². The van der Waals surface area contributed by atoms with Gasteiger partial charge in [0.1, 0.15) is 0 Å². The third kappa shape index (κ3) is 2.31. The van der Waals surface area contributed by atoms with Crippen molar-refractivity contribution in [3.8, 4) is 0 Å². The number of morpholine rings is 1. The molecule has 0 bridgehead atoms. The molecule has 2 fully saturated rings. The zero-order chi connectivity index (χ0) is 14.2. The van der Waals surface area contributed by atoms with E-state index in [-0.39, 0.29) is 18.1 Å². The van der Waals surface area contributed by atoms with Gasteiger partial charge in [0.15, 0.2) is 0 Å². The number of anilines is 1. The predicted molar refractivity (Wildman–Crippen MR) is 81.7 cm³/mol. The fourth-order valence-electron chi connectivity index (χ4n) is 3.94. The van der Waals surface area contributed by atoms with Gasteiger partial charge in [-0.3, -0.25) is 4.79 Å². The summed E-state index contributed by atoms with van der Waals surface area (Å²) in [6, 6.07) is 6.39. The minimum Gasteiger partial charge on any atom is -0.384 e. The van der Waals surface area contributed by atoms with Crippen LogP contribution in [0.2, 0.25) is 0 Å². The molecular formula is C17H22N2O2. The largest absolute Gasteiger partial charge is 0.384 e. The Hall–Kier alpha value is -1.55. The second-order valence-electron chi connectivity index (χ2n) is 6.31. The molecule has 2 heterocycles. The molecule has 21 heavy (non-hydrogen) atoms. The van der Waals surface area contributed by atoms with E-state index in [9.17, 15) is 4.79 Å². The number of rotatable bonds is 1. The Morgan fingerprint density at radius 2 is 2.19 bits per heavy atom. The van der Waals surface area contributed by atoms with Crippen molar-refractivity contribution >= 4 is 11.6 Å². The lowest BCUT2D eigenvalue weighted by Crippen LogP contribution is -2.54. The molecule has 1 aliphatic carbocycles. The molecule has 0 aromatic heterocycles. The highest BCUT2D eigenvalue weighted by atomic mass is 16.5. The molecule has 3 aliphatic rings. The number of ether oxygens (including phenoxy) is 1. The summed E-state index contributed by atoms with van der Waals surface area (Å²) >= 11 is 0. The van der Waals surface area contributed by atoms with E-state index in [1.807, 2.05) is 12.1 Å². The van der Waals surface area contributed by atoms with Crippen LogP contribution in [-0.4, -0.2) is 42.6 Å². The molecule has 1 aromatic carbocycles. The van der Waals surface area contributed by atoms with Gasteiger partial charge in [-0.1, -0.05) is 18.9 Å². The Balaban J connectivity index is 1.58. The molecule has 1 aromatic rings. The van der Waals surface area contributed by atoms with E-state index in [1.165, 1.54) is 18.4 Å². The lowest BCUT2D eigenvalue weighted by molar-refractivity contribution is -0.0752. The molecule has 1 N–H and O–H groups in total. The predicted octanol–water partition coefficient (Wildman–Crippen LogP) is 2.44. The first-order chi connectivity index (χ1) is 10.3. The second kappa shape index (κ2) is 5.34. The van der Waals surface area contributed by atoms with Gasteiger partial charge >= 0.3 is 0 Å². The number of carbonyl (C=O) groups is 1. The van der Waals surface area contributed by atoms with E-state index in [2.05, 4.69) is 16.3 Å². The van der Waals surface area contributed by atoms with Crippen LogP contribution in [0.3, 0.4) is 0 Å². The summed E-state index contributed by atoms with van der Waals surface area (Å²) in [5, 5.41) is 3.36. The van der Waals surface area contributed by atoms with E-state index < -0.39 is 0 Å². The van der Waals surface area contributed by atoms with Crippen molar-refractivity contribution in [2.24, 2.45) is 0 Å². The topological polar surface area (TPSA) is 41.6 Å². The number of nitrogens with zero attached hydrogens (tertiary/aromatic N) is 1. The Kier molecular flexibility index (Phi) is 3.34. The Morgan fingerprint density at radius 1 is 1.29 bits per heavy atom. The molecule has 4 rings (SSSR count). The molecule has 112 valence electrons. The minimum absolute atomic E-state index is 0.173. The number of carbonyl (C=O) groups excluding carboxylic acids is 1. The fraction of sp³-hybridized carbons (Fsp3) is 0.588. The second-order valence-corrected chi connectivity index (χ2v) is 6.31. The van der Waals surface area contributed by atoms with Crippen molar-refractivity contribution in [3.63, 3.8) is 0 Å². The average molecular weight is 286 g/mol. The van der Waals surface area contributed by atoms with Crippen molar-refractivity contribution < 1.29 is 9.53 Å². The number of nitrogens with one attached hydrogen (secondary N) is 1. The minimum atomic E-state index is 0.173. The van der Waals surface area contributed by atoms with Crippen LogP contribution in [0, 0.1) is 0 Å². The van der Waals surface area contributed by atoms with Gasteiger partial charge in [0, 0.05) is 24.3 Å². The van der Waals surface area contributed by atoms with E-state index >= 15 is 0 Å². The monoisotopic (exact) mass is 286 g/mol. The normalized spacial score (nSPS) is 27.7. The van der Waals surface area contributed by atoms with Crippen LogP contribution < -0.4 is 5.32 Å². The summed E-state index contributed by atoms with van der Waals surface area (Å²) in [4.78, 5) is 15.0. The molecule has 1 saturated heterocycles. The van der Waals surface area contributed by atoms with Gasteiger partial charge in [-0.2, -0.15) is 0 Å². The van der Waals surface area contributed by atoms with Crippen molar-refractivity contribution in [1.82, 2.24) is 4.90 Å². The molecular weight excluding hydrogens is 264 g/mol. The maximum absolute atomic E-state index is 12.9. The molecule has 0 spiro atoms.